The number of amides is 2. The Morgan fingerprint density at radius 3 is 2.39 bits per heavy atom. The molecular weight excluding hydrogens is 361 g/mol. The van der Waals surface area contributed by atoms with Gasteiger partial charge in [-0.25, -0.2) is 0 Å². The molecule has 1 aromatic carbocycles. The van der Waals surface area contributed by atoms with Gasteiger partial charge in [0.25, 0.3) is 11.8 Å². The predicted octanol–water partition coefficient (Wildman–Crippen LogP) is 3.23. The van der Waals surface area contributed by atoms with Crippen molar-refractivity contribution in [3.05, 3.63) is 57.3 Å². The van der Waals surface area contributed by atoms with Crippen LogP contribution in [0.2, 0.25) is 15.1 Å². The first kappa shape index (κ1) is 17.5. The van der Waals surface area contributed by atoms with Crippen molar-refractivity contribution < 1.29 is 14.2 Å². The summed E-state index contributed by atoms with van der Waals surface area (Å²) in [6.07, 6.45) is 3.15. The summed E-state index contributed by atoms with van der Waals surface area (Å²) in [5.41, 5.74) is 5.82. The van der Waals surface area contributed by atoms with E-state index in [2.05, 4.69) is 5.32 Å². The highest BCUT2D eigenvalue weighted by Gasteiger charge is 2.24. The molecule has 1 atom stereocenters. The van der Waals surface area contributed by atoms with Gasteiger partial charge in [-0.05, 0) is 18.2 Å². The van der Waals surface area contributed by atoms with Gasteiger partial charge in [0.2, 0.25) is 6.04 Å². The highest BCUT2D eigenvalue weighted by molar-refractivity contribution is 6.42. The number of primary amides is 1. The second-order valence-corrected chi connectivity index (χ2v) is 6.06. The summed E-state index contributed by atoms with van der Waals surface area (Å²) in [5.74, 6) is -0.932. The molecule has 0 radical (unpaired) electrons. The maximum absolute atomic E-state index is 12.4. The van der Waals surface area contributed by atoms with E-state index >= 15 is 0 Å². The third-order valence-corrected chi connectivity index (χ3v) is 4.00. The molecule has 2 rings (SSSR count). The molecule has 0 aliphatic carbocycles. The van der Waals surface area contributed by atoms with E-state index in [-0.39, 0.29) is 21.6 Å². The molecule has 5 nitrogen and oxygen atoms in total. The van der Waals surface area contributed by atoms with Crippen molar-refractivity contribution in [2.24, 2.45) is 5.73 Å². The summed E-state index contributed by atoms with van der Waals surface area (Å²) in [6.45, 7) is 1.66. The van der Waals surface area contributed by atoms with Crippen LogP contribution in [0.15, 0.2) is 36.7 Å². The van der Waals surface area contributed by atoms with E-state index in [1.807, 2.05) is 0 Å². The molecule has 8 heteroatoms. The second-order valence-electron chi connectivity index (χ2n) is 4.81. The summed E-state index contributed by atoms with van der Waals surface area (Å²) < 4.78 is 1.56. The van der Waals surface area contributed by atoms with Crippen LogP contribution >= 0.6 is 34.8 Å². The van der Waals surface area contributed by atoms with Gasteiger partial charge in [-0.3, -0.25) is 9.59 Å². The molecule has 2 aromatic rings. The van der Waals surface area contributed by atoms with Crippen LogP contribution in [0, 0.1) is 0 Å². The second kappa shape index (κ2) is 7.17. The quantitative estimate of drug-likeness (QED) is 0.807. The standard InChI is InChI=1S/C15H12Cl3N3O2/c1-8(21-4-2-3-9(7-21)14(19)22)15(23)20-13-11(17)5-10(16)6-12(13)18/h2-8H,1H3,(H2-,19,20,22,23)/p+1/t8-/m1/s1. The van der Waals surface area contributed by atoms with Crippen molar-refractivity contribution >= 4 is 52.3 Å². The molecule has 2 amide bonds. The number of pyridine rings is 1. The van der Waals surface area contributed by atoms with Crippen molar-refractivity contribution in [2.45, 2.75) is 13.0 Å². The molecule has 0 aliphatic rings. The maximum atomic E-state index is 12.4. The lowest BCUT2D eigenvalue weighted by atomic mass is 10.2. The first-order valence-corrected chi connectivity index (χ1v) is 7.69. The number of benzene rings is 1. The Hall–Kier alpha value is -1.82. The Morgan fingerprint density at radius 1 is 1.22 bits per heavy atom. The Labute approximate surface area is 148 Å². The molecule has 1 heterocycles. The third-order valence-electron chi connectivity index (χ3n) is 3.19. The predicted molar refractivity (Wildman–Crippen MR) is 90.0 cm³/mol. The highest BCUT2D eigenvalue weighted by Crippen LogP contribution is 2.33. The van der Waals surface area contributed by atoms with Crippen molar-refractivity contribution in [1.82, 2.24) is 0 Å². The monoisotopic (exact) mass is 372 g/mol. The van der Waals surface area contributed by atoms with Crippen LogP contribution in [-0.2, 0) is 4.79 Å². The minimum Gasteiger partial charge on any atom is -0.365 e. The normalized spacial score (nSPS) is 11.8. The lowest BCUT2D eigenvalue weighted by molar-refractivity contribution is -0.705. The van der Waals surface area contributed by atoms with Crippen LogP contribution in [0.25, 0.3) is 0 Å². The zero-order valence-electron chi connectivity index (χ0n) is 12.0. The molecule has 0 aliphatic heterocycles. The number of nitrogens with two attached hydrogens (primary N) is 1. The minimum absolute atomic E-state index is 0.235. The topological polar surface area (TPSA) is 76.1 Å². The van der Waals surface area contributed by atoms with Gasteiger partial charge in [-0.1, -0.05) is 34.8 Å². The number of anilines is 1. The van der Waals surface area contributed by atoms with Gasteiger partial charge in [-0.2, -0.15) is 4.57 Å². The molecule has 0 saturated carbocycles. The molecule has 0 unspecified atom stereocenters. The van der Waals surface area contributed by atoms with Crippen molar-refractivity contribution in [2.75, 3.05) is 5.32 Å². The zero-order chi connectivity index (χ0) is 17.1. The number of carbonyl (C=O) groups excluding carboxylic acids is 2. The molecule has 0 saturated heterocycles. The van der Waals surface area contributed by atoms with Gasteiger partial charge in [-0.15, -0.1) is 0 Å². The Morgan fingerprint density at radius 2 is 1.83 bits per heavy atom. The smallest absolute Gasteiger partial charge is 0.293 e. The molecular formula is C15H13Cl3N3O2+. The molecule has 0 fully saturated rings. The van der Waals surface area contributed by atoms with Crippen LogP contribution in [0.1, 0.15) is 23.3 Å². The van der Waals surface area contributed by atoms with Gasteiger partial charge in [0.1, 0.15) is 5.56 Å². The fraction of sp³-hybridized carbons (Fsp3) is 0.133. The number of halogens is 3. The zero-order valence-corrected chi connectivity index (χ0v) is 14.3. The Balaban J connectivity index is 2.24. The van der Waals surface area contributed by atoms with Gasteiger partial charge < -0.3 is 11.1 Å². The minimum atomic E-state index is -0.614. The fourth-order valence-electron chi connectivity index (χ4n) is 1.90. The van der Waals surface area contributed by atoms with Crippen LogP contribution in [0.3, 0.4) is 0 Å². The number of hydrogen-bond donors (Lipinski definition) is 2. The summed E-state index contributed by atoms with van der Waals surface area (Å²) >= 11 is 17.9. The number of aromatic nitrogens is 1. The third kappa shape index (κ3) is 4.13. The first-order valence-electron chi connectivity index (χ1n) is 6.55. The lowest BCUT2D eigenvalue weighted by Crippen LogP contribution is -2.44. The summed E-state index contributed by atoms with van der Waals surface area (Å²) in [4.78, 5) is 23.6. The van der Waals surface area contributed by atoms with Gasteiger partial charge in [0.05, 0.1) is 15.7 Å². The van der Waals surface area contributed by atoms with E-state index in [1.54, 1.807) is 29.8 Å². The first-order chi connectivity index (χ1) is 10.8. The Bertz CT molecular complexity index is 757. The summed E-state index contributed by atoms with van der Waals surface area (Å²) in [5, 5.41) is 3.49. The maximum Gasteiger partial charge on any atom is 0.293 e. The molecule has 1 aromatic heterocycles. The average Bonchev–Trinajstić information content (AvgIpc) is 2.50. The van der Waals surface area contributed by atoms with Crippen molar-refractivity contribution in [3.8, 4) is 0 Å². The fourth-order valence-corrected chi connectivity index (χ4v) is 2.82. The van der Waals surface area contributed by atoms with Crippen LogP contribution in [-0.4, -0.2) is 11.8 Å². The van der Waals surface area contributed by atoms with E-state index in [9.17, 15) is 9.59 Å². The van der Waals surface area contributed by atoms with E-state index < -0.39 is 11.9 Å². The van der Waals surface area contributed by atoms with E-state index in [1.165, 1.54) is 18.3 Å². The number of carbonyl (C=O) groups is 2. The molecule has 3 N–H and O–H groups in total. The summed E-state index contributed by atoms with van der Waals surface area (Å²) in [6, 6.07) is 5.55. The number of nitrogens with one attached hydrogen (secondary N) is 1. The lowest BCUT2D eigenvalue weighted by Gasteiger charge is -2.12. The molecule has 120 valence electrons. The summed E-state index contributed by atoms with van der Waals surface area (Å²) in [7, 11) is 0. The number of hydrogen-bond acceptors (Lipinski definition) is 2. The number of rotatable bonds is 4. The van der Waals surface area contributed by atoms with Crippen LogP contribution in [0.4, 0.5) is 5.69 Å². The number of nitrogens with zero attached hydrogens (tertiary/aromatic N) is 1. The Kier molecular flexibility index (Phi) is 5.46. The van der Waals surface area contributed by atoms with Crippen molar-refractivity contribution in [1.29, 1.82) is 0 Å². The van der Waals surface area contributed by atoms with E-state index in [0.29, 0.717) is 10.6 Å². The van der Waals surface area contributed by atoms with Crippen LogP contribution < -0.4 is 15.6 Å². The molecule has 23 heavy (non-hydrogen) atoms. The van der Waals surface area contributed by atoms with Gasteiger partial charge >= 0.3 is 0 Å². The highest BCUT2D eigenvalue weighted by atomic mass is 35.5. The van der Waals surface area contributed by atoms with Crippen molar-refractivity contribution in [3.63, 3.8) is 0 Å². The van der Waals surface area contributed by atoms with Gasteiger partial charge in [0.15, 0.2) is 12.4 Å². The van der Waals surface area contributed by atoms with E-state index in [4.69, 9.17) is 40.5 Å². The largest absolute Gasteiger partial charge is 0.365 e. The SMILES string of the molecule is C[C@H](C(=O)Nc1c(Cl)cc(Cl)cc1Cl)[n+]1cccc(C(N)=O)c1. The van der Waals surface area contributed by atoms with Crippen LogP contribution in [0.5, 0.6) is 0 Å². The average molecular weight is 374 g/mol. The molecule has 0 bridgehead atoms. The molecule has 0 spiro atoms. The van der Waals surface area contributed by atoms with Gasteiger partial charge in [0, 0.05) is 18.0 Å². The van der Waals surface area contributed by atoms with E-state index in [0.717, 1.165) is 0 Å².